The van der Waals surface area contributed by atoms with Crippen LogP contribution in [0, 0.1) is 0 Å². The van der Waals surface area contributed by atoms with Gasteiger partial charge in [0.2, 0.25) is 0 Å². The Morgan fingerprint density at radius 1 is 0.974 bits per heavy atom. The van der Waals surface area contributed by atoms with E-state index in [2.05, 4.69) is 15.6 Å². The van der Waals surface area contributed by atoms with E-state index in [0.29, 0.717) is 41.4 Å². The normalized spacial score (nSPS) is 22.7. The molecule has 1 saturated heterocycles. The third-order valence-electron chi connectivity index (χ3n) is 7.55. The minimum atomic E-state index is -0.345. The zero-order valence-corrected chi connectivity index (χ0v) is 21.3. The SMILES string of the molecule is O=C(N[C@H]1CC2(CCCO2)C[C@H]1NC(=O)c1cc2cc(Cl)ccc2[nH]1)c1ccc(-n2ccccc2=O)cc1. The van der Waals surface area contributed by atoms with Gasteiger partial charge in [-0.15, -0.1) is 0 Å². The molecule has 2 fully saturated rings. The van der Waals surface area contributed by atoms with Crippen LogP contribution in [0.4, 0.5) is 0 Å². The van der Waals surface area contributed by atoms with Crippen LogP contribution in [-0.4, -0.2) is 45.7 Å². The predicted octanol–water partition coefficient (Wildman–Crippen LogP) is 4.21. The molecule has 0 radical (unpaired) electrons. The Bertz CT molecular complexity index is 1570. The van der Waals surface area contributed by atoms with Gasteiger partial charge in [0, 0.05) is 46.0 Å². The van der Waals surface area contributed by atoms with Crippen molar-refractivity contribution in [3.8, 4) is 5.69 Å². The van der Waals surface area contributed by atoms with Gasteiger partial charge in [-0.3, -0.25) is 19.0 Å². The summed E-state index contributed by atoms with van der Waals surface area (Å²) in [7, 11) is 0. The van der Waals surface area contributed by atoms with E-state index in [4.69, 9.17) is 16.3 Å². The van der Waals surface area contributed by atoms with E-state index in [1.54, 1.807) is 54.7 Å². The monoisotopic (exact) mass is 530 g/mol. The number of rotatable bonds is 5. The minimum absolute atomic E-state index is 0.144. The minimum Gasteiger partial charge on any atom is -0.375 e. The van der Waals surface area contributed by atoms with Crippen molar-refractivity contribution in [3.63, 3.8) is 0 Å². The molecule has 3 N–H and O–H groups in total. The van der Waals surface area contributed by atoms with Crippen LogP contribution in [0.3, 0.4) is 0 Å². The Morgan fingerprint density at radius 3 is 2.45 bits per heavy atom. The molecule has 8 nitrogen and oxygen atoms in total. The zero-order valence-electron chi connectivity index (χ0n) is 20.6. The second kappa shape index (κ2) is 9.78. The largest absolute Gasteiger partial charge is 0.375 e. The highest BCUT2D eigenvalue weighted by Crippen LogP contribution is 2.41. The van der Waals surface area contributed by atoms with Crippen LogP contribution in [0.15, 0.2) is 77.7 Å². The predicted molar refractivity (Wildman–Crippen MR) is 145 cm³/mol. The summed E-state index contributed by atoms with van der Waals surface area (Å²) in [4.78, 5) is 41.7. The molecule has 2 amide bonds. The fourth-order valence-corrected chi connectivity index (χ4v) is 5.87. The van der Waals surface area contributed by atoms with Crippen LogP contribution in [-0.2, 0) is 4.74 Å². The van der Waals surface area contributed by atoms with Gasteiger partial charge in [0.15, 0.2) is 0 Å². The average Bonchev–Trinajstić information content (AvgIpc) is 3.63. The summed E-state index contributed by atoms with van der Waals surface area (Å²) < 4.78 is 7.63. The lowest BCUT2D eigenvalue weighted by molar-refractivity contribution is 0.00740. The maximum absolute atomic E-state index is 13.2. The maximum atomic E-state index is 13.2. The molecule has 0 bridgehead atoms. The van der Waals surface area contributed by atoms with Gasteiger partial charge in [0.1, 0.15) is 5.69 Å². The molecule has 194 valence electrons. The second-order valence-electron chi connectivity index (χ2n) is 10.1. The summed E-state index contributed by atoms with van der Waals surface area (Å²) in [6.45, 7) is 0.685. The number of benzene rings is 2. The van der Waals surface area contributed by atoms with Gasteiger partial charge in [0.25, 0.3) is 17.4 Å². The van der Waals surface area contributed by atoms with Crippen molar-refractivity contribution in [2.24, 2.45) is 0 Å². The summed E-state index contributed by atoms with van der Waals surface area (Å²) in [5.74, 6) is -0.481. The standard InChI is InChI=1S/C29H27ClN4O4/c30-20-7-10-22-19(14-20)15-23(31-22)28(37)33-25-17-29(11-3-13-38-29)16-24(25)32-27(36)18-5-8-21(9-6-18)34-12-2-1-4-26(34)35/h1-2,4-10,12,14-15,24-25,31H,3,11,13,16-17H2,(H,32,36)(H,33,37)/t24-,25+,29?/m0/s1. The lowest BCUT2D eigenvalue weighted by Crippen LogP contribution is -2.48. The number of amides is 2. The molecule has 3 heterocycles. The first kappa shape index (κ1) is 24.5. The summed E-state index contributed by atoms with van der Waals surface area (Å²) in [6, 6.07) is 18.5. The molecule has 2 aromatic heterocycles. The summed E-state index contributed by atoms with van der Waals surface area (Å²) in [5.41, 5.74) is 1.93. The van der Waals surface area contributed by atoms with E-state index in [-0.39, 0.29) is 35.1 Å². The number of pyridine rings is 1. The second-order valence-corrected chi connectivity index (χ2v) is 10.5. The molecule has 1 saturated carbocycles. The van der Waals surface area contributed by atoms with Gasteiger partial charge in [-0.25, -0.2) is 0 Å². The number of aromatic nitrogens is 2. The fourth-order valence-electron chi connectivity index (χ4n) is 5.69. The Labute approximate surface area is 224 Å². The van der Waals surface area contributed by atoms with Gasteiger partial charge in [-0.2, -0.15) is 0 Å². The molecular weight excluding hydrogens is 504 g/mol. The molecule has 4 aromatic rings. The van der Waals surface area contributed by atoms with Gasteiger partial charge in [-0.05, 0) is 80.3 Å². The number of aromatic amines is 1. The molecule has 38 heavy (non-hydrogen) atoms. The van der Waals surface area contributed by atoms with Crippen molar-refractivity contribution in [3.05, 3.63) is 99.6 Å². The number of ether oxygens (including phenoxy) is 1. The van der Waals surface area contributed by atoms with Crippen molar-refractivity contribution in [2.75, 3.05) is 6.61 Å². The number of fused-ring (bicyclic) bond motifs is 1. The zero-order chi connectivity index (χ0) is 26.3. The molecule has 1 aliphatic heterocycles. The number of carbonyl (C=O) groups excluding carboxylic acids is 2. The first-order chi connectivity index (χ1) is 18.4. The Balaban J connectivity index is 1.19. The molecule has 1 unspecified atom stereocenters. The highest BCUT2D eigenvalue weighted by atomic mass is 35.5. The van der Waals surface area contributed by atoms with Crippen LogP contribution < -0.4 is 16.2 Å². The van der Waals surface area contributed by atoms with Crippen molar-refractivity contribution in [2.45, 2.75) is 43.4 Å². The van der Waals surface area contributed by atoms with E-state index in [1.165, 1.54) is 10.6 Å². The van der Waals surface area contributed by atoms with E-state index in [9.17, 15) is 14.4 Å². The lowest BCUT2D eigenvalue weighted by Gasteiger charge is -2.22. The van der Waals surface area contributed by atoms with Crippen LogP contribution in [0.1, 0.15) is 46.5 Å². The number of hydrogen-bond donors (Lipinski definition) is 3. The number of carbonyl (C=O) groups is 2. The molecule has 2 aliphatic rings. The van der Waals surface area contributed by atoms with Crippen molar-refractivity contribution >= 4 is 34.3 Å². The molecule has 9 heteroatoms. The highest BCUT2D eigenvalue weighted by Gasteiger charge is 2.49. The van der Waals surface area contributed by atoms with Crippen LogP contribution in [0.5, 0.6) is 0 Å². The Morgan fingerprint density at radius 2 is 1.74 bits per heavy atom. The highest BCUT2D eigenvalue weighted by molar-refractivity contribution is 6.31. The van der Waals surface area contributed by atoms with E-state index in [1.807, 2.05) is 12.1 Å². The third-order valence-corrected chi connectivity index (χ3v) is 7.78. The quantitative estimate of drug-likeness (QED) is 0.359. The molecule has 2 aromatic carbocycles. The van der Waals surface area contributed by atoms with Crippen LogP contribution >= 0.6 is 11.6 Å². The number of hydrogen-bond acceptors (Lipinski definition) is 4. The first-order valence-electron chi connectivity index (χ1n) is 12.7. The van der Waals surface area contributed by atoms with E-state index < -0.39 is 0 Å². The number of nitrogens with zero attached hydrogens (tertiary/aromatic N) is 1. The van der Waals surface area contributed by atoms with E-state index >= 15 is 0 Å². The third kappa shape index (κ3) is 4.73. The van der Waals surface area contributed by atoms with Crippen LogP contribution in [0.2, 0.25) is 5.02 Å². The number of H-pyrrole nitrogens is 1. The van der Waals surface area contributed by atoms with Crippen molar-refractivity contribution in [1.82, 2.24) is 20.2 Å². The number of nitrogens with one attached hydrogen (secondary N) is 3. The lowest BCUT2D eigenvalue weighted by atomic mass is 9.98. The summed E-state index contributed by atoms with van der Waals surface area (Å²) in [6.07, 6.45) is 4.81. The maximum Gasteiger partial charge on any atom is 0.268 e. The average molecular weight is 531 g/mol. The molecule has 1 spiro atoms. The summed E-state index contributed by atoms with van der Waals surface area (Å²) >= 11 is 6.10. The number of halogens is 1. The van der Waals surface area contributed by atoms with Gasteiger partial charge >= 0.3 is 0 Å². The Hall–Kier alpha value is -3.88. The molecule has 3 atom stereocenters. The molecular formula is C29H27ClN4O4. The Kier molecular flexibility index (Phi) is 6.29. The van der Waals surface area contributed by atoms with Crippen molar-refractivity contribution in [1.29, 1.82) is 0 Å². The first-order valence-corrected chi connectivity index (χ1v) is 13.1. The van der Waals surface area contributed by atoms with E-state index in [0.717, 1.165) is 23.7 Å². The van der Waals surface area contributed by atoms with Gasteiger partial charge in [-0.1, -0.05) is 17.7 Å². The topological polar surface area (TPSA) is 105 Å². The van der Waals surface area contributed by atoms with Gasteiger partial charge in [0.05, 0.1) is 17.7 Å². The summed E-state index contributed by atoms with van der Waals surface area (Å²) in [5, 5.41) is 7.72. The molecule has 1 aliphatic carbocycles. The van der Waals surface area contributed by atoms with Crippen molar-refractivity contribution < 1.29 is 14.3 Å². The fraction of sp³-hybridized carbons (Fsp3) is 0.276. The smallest absolute Gasteiger partial charge is 0.268 e. The van der Waals surface area contributed by atoms with Gasteiger partial charge < -0.3 is 20.4 Å². The van der Waals surface area contributed by atoms with Crippen LogP contribution in [0.25, 0.3) is 16.6 Å². The molecule has 6 rings (SSSR count).